The van der Waals surface area contributed by atoms with E-state index in [4.69, 9.17) is 10.5 Å². The Kier molecular flexibility index (Phi) is 4.60. The fourth-order valence-corrected chi connectivity index (χ4v) is 1.67. The summed E-state index contributed by atoms with van der Waals surface area (Å²) in [5.74, 6) is 0.639. The normalized spacial score (nSPS) is 10.2. The SMILES string of the molecule is CCCOc1ccc(NC(=O)Cn2cc(N)cn2)cc1. The Balaban J connectivity index is 1.87. The average Bonchev–Trinajstić information content (AvgIpc) is 2.83. The predicted octanol–water partition coefficient (Wildman–Crippen LogP) is 1.89. The summed E-state index contributed by atoms with van der Waals surface area (Å²) >= 11 is 0. The van der Waals surface area contributed by atoms with E-state index in [2.05, 4.69) is 17.3 Å². The number of amides is 1. The molecule has 20 heavy (non-hydrogen) atoms. The van der Waals surface area contributed by atoms with Gasteiger partial charge in [-0.1, -0.05) is 6.92 Å². The maximum Gasteiger partial charge on any atom is 0.246 e. The molecule has 0 fully saturated rings. The minimum atomic E-state index is -0.157. The van der Waals surface area contributed by atoms with Crippen molar-refractivity contribution in [3.8, 4) is 5.75 Å². The van der Waals surface area contributed by atoms with Gasteiger partial charge in [0.15, 0.2) is 0 Å². The Hall–Kier alpha value is -2.50. The fraction of sp³-hybridized carbons (Fsp3) is 0.286. The molecule has 1 amide bonds. The number of carbonyl (C=O) groups excluding carboxylic acids is 1. The topological polar surface area (TPSA) is 82.2 Å². The first kappa shape index (κ1) is 13.9. The number of nitrogen functional groups attached to an aromatic ring is 1. The number of nitrogens with one attached hydrogen (secondary N) is 1. The molecular weight excluding hydrogens is 256 g/mol. The Labute approximate surface area is 117 Å². The van der Waals surface area contributed by atoms with Crippen LogP contribution in [0.25, 0.3) is 0 Å². The Morgan fingerprint density at radius 1 is 1.40 bits per heavy atom. The molecule has 0 atom stereocenters. The van der Waals surface area contributed by atoms with Gasteiger partial charge in [0.2, 0.25) is 5.91 Å². The van der Waals surface area contributed by atoms with Gasteiger partial charge in [-0.25, -0.2) is 0 Å². The first-order valence-corrected chi connectivity index (χ1v) is 6.48. The van der Waals surface area contributed by atoms with Gasteiger partial charge < -0.3 is 15.8 Å². The number of ether oxygens (including phenoxy) is 1. The van der Waals surface area contributed by atoms with Crippen molar-refractivity contribution in [3.63, 3.8) is 0 Å². The minimum Gasteiger partial charge on any atom is -0.494 e. The first-order valence-electron chi connectivity index (χ1n) is 6.48. The van der Waals surface area contributed by atoms with E-state index in [1.807, 2.05) is 12.1 Å². The van der Waals surface area contributed by atoms with Crippen LogP contribution in [0, 0.1) is 0 Å². The van der Waals surface area contributed by atoms with Crippen LogP contribution in [0.1, 0.15) is 13.3 Å². The van der Waals surface area contributed by atoms with E-state index in [1.54, 1.807) is 18.3 Å². The number of anilines is 2. The molecule has 106 valence electrons. The lowest BCUT2D eigenvalue weighted by molar-refractivity contribution is -0.116. The van der Waals surface area contributed by atoms with Gasteiger partial charge >= 0.3 is 0 Å². The molecule has 0 radical (unpaired) electrons. The molecule has 0 aliphatic rings. The second-order valence-corrected chi connectivity index (χ2v) is 4.39. The van der Waals surface area contributed by atoms with Crippen LogP contribution in [0.4, 0.5) is 11.4 Å². The van der Waals surface area contributed by atoms with Crippen molar-refractivity contribution < 1.29 is 9.53 Å². The highest BCUT2D eigenvalue weighted by atomic mass is 16.5. The minimum absolute atomic E-state index is 0.130. The molecule has 0 aliphatic heterocycles. The van der Waals surface area contributed by atoms with Gasteiger partial charge in [-0.05, 0) is 30.7 Å². The molecule has 0 unspecified atom stereocenters. The number of rotatable bonds is 6. The molecule has 6 nitrogen and oxygen atoms in total. The molecule has 0 spiro atoms. The molecule has 2 rings (SSSR count). The van der Waals surface area contributed by atoms with Gasteiger partial charge in [-0.2, -0.15) is 5.10 Å². The third-order valence-corrected chi connectivity index (χ3v) is 2.57. The van der Waals surface area contributed by atoms with E-state index >= 15 is 0 Å². The lowest BCUT2D eigenvalue weighted by atomic mass is 10.3. The number of aromatic nitrogens is 2. The van der Waals surface area contributed by atoms with Gasteiger partial charge in [0.05, 0.1) is 18.5 Å². The van der Waals surface area contributed by atoms with Crippen molar-refractivity contribution in [2.24, 2.45) is 0 Å². The standard InChI is InChI=1S/C14H18N4O2/c1-2-7-20-13-5-3-12(4-6-13)17-14(19)10-18-9-11(15)8-16-18/h3-6,8-9H,2,7,10,15H2,1H3,(H,17,19). The Morgan fingerprint density at radius 3 is 2.75 bits per heavy atom. The van der Waals surface area contributed by atoms with Gasteiger partial charge in [0.25, 0.3) is 0 Å². The van der Waals surface area contributed by atoms with E-state index in [-0.39, 0.29) is 12.5 Å². The van der Waals surface area contributed by atoms with Crippen molar-refractivity contribution in [1.82, 2.24) is 9.78 Å². The summed E-state index contributed by atoms with van der Waals surface area (Å²) in [6.07, 6.45) is 4.08. The zero-order valence-electron chi connectivity index (χ0n) is 11.4. The predicted molar refractivity (Wildman–Crippen MR) is 77.5 cm³/mol. The molecular formula is C14H18N4O2. The molecule has 0 aliphatic carbocycles. The van der Waals surface area contributed by atoms with Crippen LogP contribution in [0.2, 0.25) is 0 Å². The van der Waals surface area contributed by atoms with E-state index < -0.39 is 0 Å². The highest BCUT2D eigenvalue weighted by Crippen LogP contribution is 2.15. The summed E-state index contributed by atoms with van der Waals surface area (Å²) in [7, 11) is 0. The zero-order chi connectivity index (χ0) is 14.4. The van der Waals surface area contributed by atoms with Crippen molar-refractivity contribution >= 4 is 17.3 Å². The summed E-state index contributed by atoms with van der Waals surface area (Å²) in [6, 6.07) is 7.27. The molecule has 0 saturated heterocycles. The van der Waals surface area contributed by atoms with Gasteiger partial charge in [-0.15, -0.1) is 0 Å². The monoisotopic (exact) mass is 274 g/mol. The maximum absolute atomic E-state index is 11.8. The second-order valence-electron chi connectivity index (χ2n) is 4.39. The molecule has 1 aromatic carbocycles. The van der Waals surface area contributed by atoms with Crippen LogP contribution in [0.3, 0.4) is 0 Å². The highest BCUT2D eigenvalue weighted by Gasteiger charge is 2.04. The Morgan fingerprint density at radius 2 is 2.15 bits per heavy atom. The number of hydrogen-bond acceptors (Lipinski definition) is 4. The molecule has 1 heterocycles. The van der Waals surface area contributed by atoms with Crippen LogP contribution < -0.4 is 15.8 Å². The summed E-state index contributed by atoms with van der Waals surface area (Å²) in [4.78, 5) is 11.8. The van der Waals surface area contributed by atoms with E-state index in [9.17, 15) is 4.79 Å². The summed E-state index contributed by atoms with van der Waals surface area (Å²) in [6.45, 7) is 2.87. The summed E-state index contributed by atoms with van der Waals surface area (Å²) < 4.78 is 6.96. The maximum atomic E-state index is 11.8. The third kappa shape index (κ3) is 4.01. The van der Waals surface area contributed by atoms with Gasteiger partial charge in [0.1, 0.15) is 12.3 Å². The van der Waals surface area contributed by atoms with Crippen LogP contribution in [0.15, 0.2) is 36.7 Å². The van der Waals surface area contributed by atoms with E-state index in [1.165, 1.54) is 10.9 Å². The number of carbonyl (C=O) groups is 1. The highest BCUT2D eigenvalue weighted by molar-refractivity contribution is 5.90. The average molecular weight is 274 g/mol. The van der Waals surface area contributed by atoms with E-state index in [0.29, 0.717) is 12.3 Å². The van der Waals surface area contributed by atoms with Crippen LogP contribution in [0.5, 0.6) is 5.75 Å². The van der Waals surface area contributed by atoms with Crippen molar-refractivity contribution in [2.75, 3.05) is 17.7 Å². The molecule has 0 saturated carbocycles. The number of hydrogen-bond donors (Lipinski definition) is 2. The number of nitrogens with two attached hydrogens (primary N) is 1. The largest absolute Gasteiger partial charge is 0.494 e. The van der Waals surface area contributed by atoms with E-state index in [0.717, 1.165) is 17.9 Å². The van der Waals surface area contributed by atoms with Crippen molar-refractivity contribution in [3.05, 3.63) is 36.7 Å². The quantitative estimate of drug-likeness (QED) is 0.842. The molecule has 3 N–H and O–H groups in total. The first-order chi connectivity index (χ1) is 9.67. The van der Waals surface area contributed by atoms with Crippen molar-refractivity contribution in [2.45, 2.75) is 19.9 Å². The number of nitrogens with zero attached hydrogens (tertiary/aromatic N) is 2. The number of benzene rings is 1. The van der Waals surface area contributed by atoms with Crippen LogP contribution >= 0.6 is 0 Å². The van der Waals surface area contributed by atoms with Crippen molar-refractivity contribution in [1.29, 1.82) is 0 Å². The lowest BCUT2D eigenvalue weighted by Gasteiger charge is -2.07. The van der Waals surface area contributed by atoms with Crippen LogP contribution in [-0.2, 0) is 11.3 Å². The van der Waals surface area contributed by atoms with Gasteiger partial charge in [0, 0.05) is 11.9 Å². The molecule has 0 bridgehead atoms. The zero-order valence-corrected chi connectivity index (χ0v) is 11.4. The molecule has 2 aromatic rings. The van der Waals surface area contributed by atoms with Crippen LogP contribution in [-0.4, -0.2) is 22.3 Å². The third-order valence-electron chi connectivity index (χ3n) is 2.57. The fourth-order valence-electron chi connectivity index (χ4n) is 1.67. The smallest absolute Gasteiger partial charge is 0.246 e. The van der Waals surface area contributed by atoms with Gasteiger partial charge in [-0.3, -0.25) is 9.48 Å². The lowest BCUT2D eigenvalue weighted by Crippen LogP contribution is -2.18. The molecule has 6 heteroatoms. The summed E-state index contributed by atoms with van der Waals surface area (Å²) in [5.41, 5.74) is 6.79. The Bertz CT molecular complexity index is 563. The second kappa shape index (κ2) is 6.60. The summed E-state index contributed by atoms with van der Waals surface area (Å²) in [5, 5.41) is 6.74. The molecule has 1 aromatic heterocycles.